The molecule has 0 atom stereocenters. The van der Waals surface area contributed by atoms with Gasteiger partial charge in [0.25, 0.3) is 5.56 Å². The fraction of sp³-hybridized carbons (Fsp3) is 0.200. The third-order valence-corrected chi connectivity index (χ3v) is 5.73. The summed E-state index contributed by atoms with van der Waals surface area (Å²) in [4.78, 5) is 20.3. The molecule has 5 heteroatoms. The summed E-state index contributed by atoms with van der Waals surface area (Å²) in [7, 11) is 0. The molecule has 5 rings (SSSR count). The van der Waals surface area contributed by atoms with Crippen molar-refractivity contribution in [2.45, 2.75) is 19.5 Å². The Bertz CT molecular complexity index is 1270. The molecule has 4 aromatic rings. The molecule has 0 saturated heterocycles. The fourth-order valence-corrected chi connectivity index (χ4v) is 4.15. The van der Waals surface area contributed by atoms with Gasteiger partial charge in [0.1, 0.15) is 11.6 Å². The predicted octanol–water partition coefficient (Wildman–Crippen LogP) is 4.26. The van der Waals surface area contributed by atoms with Crippen LogP contribution in [0.25, 0.3) is 22.0 Å². The fourth-order valence-electron chi connectivity index (χ4n) is 4.15. The molecule has 0 saturated carbocycles. The minimum Gasteiger partial charge on any atom is -0.297 e. The summed E-state index contributed by atoms with van der Waals surface area (Å²) >= 11 is 0. The highest BCUT2D eigenvalue weighted by atomic mass is 19.1. The molecule has 0 radical (unpaired) electrons. The van der Waals surface area contributed by atoms with Crippen molar-refractivity contribution < 1.29 is 4.39 Å². The Morgan fingerprint density at radius 1 is 0.867 bits per heavy atom. The van der Waals surface area contributed by atoms with Gasteiger partial charge in [-0.2, -0.15) is 0 Å². The second kappa shape index (κ2) is 7.84. The molecule has 1 aliphatic heterocycles. The summed E-state index contributed by atoms with van der Waals surface area (Å²) in [6, 6.07) is 22.4. The van der Waals surface area contributed by atoms with Crippen LogP contribution in [0.2, 0.25) is 0 Å². The molecule has 0 unspecified atom stereocenters. The minimum absolute atomic E-state index is 0.00218. The normalized spacial score (nSPS) is 14.4. The first kappa shape index (κ1) is 18.7. The number of halogens is 1. The van der Waals surface area contributed by atoms with Gasteiger partial charge in [-0.25, -0.2) is 9.37 Å². The smallest absolute Gasteiger partial charge is 0.261 e. The molecular weight excluding hydrogens is 377 g/mol. The summed E-state index contributed by atoms with van der Waals surface area (Å²) in [6.07, 6.45) is 0.724. The molecule has 0 N–H and O–H groups in total. The monoisotopic (exact) mass is 399 g/mol. The lowest BCUT2D eigenvalue weighted by molar-refractivity contribution is 0.271. The zero-order valence-electron chi connectivity index (χ0n) is 16.6. The molecule has 0 bridgehead atoms. The SMILES string of the molecule is O=c1c2ccc(-c3cccc(F)c3)cc2nc2n1CCN(Cc1ccccc1)CC2. The topological polar surface area (TPSA) is 38.1 Å². The number of rotatable bonds is 3. The van der Waals surface area contributed by atoms with Crippen molar-refractivity contribution in [1.82, 2.24) is 14.5 Å². The lowest BCUT2D eigenvalue weighted by Crippen LogP contribution is -2.28. The maximum absolute atomic E-state index is 13.6. The van der Waals surface area contributed by atoms with E-state index in [-0.39, 0.29) is 11.4 Å². The van der Waals surface area contributed by atoms with E-state index in [2.05, 4.69) is 29.2 Å². The first-order valence-corrected chi connectivity index (χ1v) is 10.2. The van der Waals surface area contributed by atoms with Crippen molar-refractivity contribution in [3.8, 4) is 11.1 Å². The number of hydrogen-bond acceptors (Lipinski definition) is 3. The zero-order valence-corrected chi connectivity index (χ0v) is 16.6. The highest BCUT2D eigenvalue weighted by Gasteiger charge is 2.18. The predicted molar refractivity (Wildman–Crippen MR) is 117 cm³/mol. The molecule has 2 heterocycles. The van der Waals surface area contributed by atoms with Crippen molar-refractivity contribution in [2.24, 2.45) is 0 Å². The highest BCUT2D eigenvalue weighted by Crippen LogP contribution is 2.23. The van der Waals surface area contributed by atoms with Crippen LogP contribution in [0.3, 0.4) is 0 Å². The van der Waals surface area contributed by atoms with Crippen LogP contribution in [0.4, 0.5) is 4.39 Å². The lowest BCUT2D eigenvalue weighted by atomic mass is 10.0. The maximum Gasteiger partial charge on any atom is 0.261 e. The van der Waals surface area contributed by atoms with Gasteiger partial charge in [-0.1, -0.05) is 48.5 Å². The Morgan fingerprint density at radius 2 is 1.70 bits per heavy atom. The van der Waals surface area contributed by atoms with E-state index in [4.69, 9.17) is 4.98 Å². The van der Waals surface area contributed by atoms with Crippen molar-refractivity contribution in [2.75, 3.05) is 13.1 Å². The Balaban J connectivity index is 1.47. The van der Waals surface area contributed by atoms with Crippen molar-refractivity contribution in [3.05, 3.63) is 100 Å². The molecule has 0 fully saturated rings. The molecule has 0 amide bonds. The van der Waals surface area contributed by atoms with E-state index in [1.165, 1.54) is 17.7 Å². The first-order valence-electron chi connectivity index (χ1n) is 10.2. The highest BCUT2D eigenvalue weighted by molar-refractivity contribution is 5.83. The average molecular weight is 399 g/mol. The molecule has 0 spiro atoms. The van der Waals surface area contributed by atoms with E-state index in [1.807, 2.05) is 34.9 Å². The third-order valence-electron chi connectivity index (χ3n) is 5.73. The molecule has 150 valence electrons. The Labute approximate surface area is 174 Å². The van der Waals surface area contributed by atoms with Gasteiger partial charge in [0.2, 0.25) is 0 Å². The van der Waals surface area contributed by atoms with Gasteiger partial charge >= 0.3 is 0 Å². The average Bonchev–Trinajstić information content (AvgIpc) is 2.97. The van der Waals surface area contributed by atoms with E-state index in [1.54, 1.807) is 6.07 Å². The maximum atomic E-state index is 13.6. The number of aromatic nitrogens is 2. The van der Waals surface area contributed by atoms with Crippen molar-refractivity contribution >= 4 is 10.9 Å². The molecule has 4 nitrogen and oxygen atoms in total. The second-order valence-electron chi connectivity index (χ2n) is 7.74. The summed E-state index contributed by atoms with van der Waals surface area (Å²) in [5, 5.41) is 0.607. The summed E-state index contributed by atoms with van der Waals surface area (Å²) in [6.45, 7) is 3.18. The first-order chi connectivity index (χ1) is 14.7. The van der Waals surface area contributed by atoms with E-state index in [9.17, 15) is 9.18 Å². The van der Waals surface area contributed by atoms with Crippen LogP contribution >= 0.6 is 0 Å². The van der Waals surface area contributed by atoms with Gasteiger partial charge in [-0.15, -0.1) is 0 Å². The molecule has 3 aromatic carbocycles. The number of fused-ring (bicyclic) bond motifs is 2. The number of hydrogen-bond donors (Lipinski definition) is 0. The van der Waals surface area contributed by atoms with Gasteiger partial charge in [-0.3, -0.25) is 14.3 Å². The van der Waals surface area contributed by atoms with Gasteiger partial charge in [0.05, 0.1) is 10.9 Å². The van der Waals surface area contributed by atoms with E-state index in [0.29, 0.717) is 17.4 Å². The van der Waals surface area contributed by atoms with E-state index >= 15 is 0 Å². The molecule has 1 aliphatic rings. The van der Waals surface area contributed by atoms with Gasteiger partial charge in [0.15, 0.2) is 0 Å². The van der Waals surface area contributed by atoms with E-state index in [0.717, 1.165) is 43.0 Å². The standard InChI is InChI=1S/C25H22FN3O/c26-21-8-4-7-19(15-21)20-9-10-22-23(16-20)27-24-11-12-28(13-14-29(24)25(22)30)17-18-5-2-1-3-6-18/h1-10,15-16H,11-14,17H2. The molecule has 0 aliphatic carbocycles. The van der Waals surface area contributed by atoms with Crippen molar-refractivity contribution in [3.63, 3.8) is 0 Å². The zero-order chi connectivity index (χ0) is 20.5. The summed E-state index contributed by atoms with van der Waals surface area (Å²) < 4.78 is 15.4. The van der Waals surface area contributed by atoms with Crippen LogP contribution in [0.5, 0.6) is 0 Å². The Morgan fingerprint density at radius 3 is 2.53 bits per heavy atom. The van der Waals surface area contributed by atoms with Crippen LogP contribution in [0, 0.1) is 5.82 Å². The van der Waals surface area contributed by atoms with Crippen LogP contribution in [-0.4, -0.2) is 27.5 Å². The minimum atomic E-state index is -0.277. The van der Waals surface area contributed by atoms with Crippen LogP contribution in [0.1, 0.15) is 11.4 Å². The largest absolute Gasteiger partial charge is 0.297 e. The molecule has 30 heavy (non-hydrogen) atoms. The van der Waals surface area contributed by atoms with E-state index < -0.39 is 0 Å². The summed E-state index contributed by atoms with van der Waals surface area (Å²) in [5.41, 5.74) is 3.58. The quantitative estimate of drug-likeness (QED) is 0.517. The molecule has 1 aromatic heterocycles. The lowest BCUT2D eigenvalue weighted by Gasteiger charge is -2.19. The van der Waals surface area contributed by atoms with Gasteiger partial charge < -0.3 is 0 Å². The van der Waals surface area contributed by atoms with Crippen molar-refractivity contribution in [1.29, 1.82) is 0 Å². The Kier molecular flexibility index (Phi) is 4.89. The number of benzene rings is 3. The second-order valence-corrected chi connectivity index (χ2v) is 7.74. The van der Waals surface area contributed by atoms with Gasteiger partial charge in [-0.05, 0) is 41.0 Å². The van der Waals surface area contributed by atoms with Gasteiger partial charge in [0, 0.05) is 32.6 Å². The summed E-state index contributed by atoms with van der Waals surface area (Å²) in [5.74, 6) is 0.542. The van der Waals surface area contributed by atoms with Crippen LogP contribution in [-0.2, 0) is 19.5 Å². The Hall–Kier alpha value is -3.31. The molecular formula is C25H22FN3O. The van der Waals surface area contributed by atoms with Crippen LogP contribution in [0.15, 0.2) is 77.6 Å². The van der Waals surface area contributed by atoms with Crippen LogP contribution < -0.4 is 5.56 Å². The number of nitrogens with zero attached hydrogens (tertiary/aromatic N) is 3. The third kappa shape index (κ3) is 3.64.